The third-order valence-corrected chi connectivity index (χ3v) is 14.2. The molecule has 1 heterocycles. The topological polar surface area (TPSA) is 54.0 Å². The Kier molecular flexibility index (Phi) is 19.0. The third kappa shape index (κ3) is 15.8. The Balaban J connectivity index is 1.69. The first-order valence-electron chi connectivity index (χ1n) is 26.0. The van der Waals surface area contributed by atoms with E-state index >= 15 is 0 Å². The maximum Gasteiger partial charge on any atom is 0.530 e. The maximum absolute atomic E-state index is 13.9. The van der Waals surface area contributed by atoms with Gasteiger partial charge < -0.3 is 18.3 Å². The van der Waals surface area contributed by atoms with Crippen LogP contribution in [0.3, 0.4) is 0 Å². The van der Waals surface area contributed by atoms with Crippen LogP contribution in [0, 0.1) is 0 Å². The van der Waals surface area contributed by atoms with Crippen molar-refractivity contribution in [2.24, 2.45) is 0 Å². The lowest BCUT2D eigenvalue weighted by atomic mass is 9.76. The summed E-state index contributed by atoms with van der Waals surface area (Å²) < 4.78 is 27.9. The zero-order valence-electron chi connectivity index (χ0n) is 45.8. The van der Waals surface area contributed by atoms with Gasteiger partial charge in [0, 0.05) is 28.7 Å². The van der Waals surface area contributed by atoms with Crippen LogP contribution in [0.15, 0.2) is 36.4 Å². The molecule has 1 aliphatic rings. The van der Waals surface area contributed by atoms with E-state index in [1.165, 1.54) is 88.2 Å². The molecule has 5 nitrogen and oxygen atoms in total. The molecule has 0 unspecified atom stereocenters. The van der Waals surface area contributed by atoms with Crippen LogP contribution < -0.4 is 13.6 Å². The number of carbonyl (C=O) groups is 1. The van der Waals surface area contributed by atoms with Gasteiger partial charge in [-0.3, -0.25) is 0 Å². The highest BCUT2D eigenvalue weighted by Gasteiger charge is 2.38. The lowest BCUT2D eigenvalue weighted by molar-refractivity contribution is 0.0497. The second-order valence-corrected chi connectivity index (χ2v) is 26.8. The van der Waals surface area contributed by atoms with E-state index in [9.17, 15) is 4.79 Å². The Morgan fingerprint density at radius 3 is 1.15 bits per heavy atom. The van der Waals surface area contributed by atoms with Crippen LogP contribution >= 0.6 is 8.60 Å². The van der Waals surface area contributed by atoms with Gasteiger partial charge in [0.2, 0.25) is 0 Å². The number of rotatable bonds is 18. The number of hydrogen-bond donors (Lipinski definition) is 0. The molecule has 0 amide bonds. The number of esters is 1. The van der Waals surface area contributed by atoms with Crippen molar-refractivity contribution in [1.29, 1.82) is 0 Å². The fraction of sp³-hybridized carbons (Fsp3) is 0.683. The van der Waals surface area contributed by atoms with E-state index in [-0.39, 0.29) is 38.5 Å². The van der Waals surface area contributed by atoms with E-state index in [2.05, 4.69) is 156 Å². The summed E-state index contributed by atoms with van der Waals surface area (Å²) in [6, 6.07) is 13.4. The molecule has 370 valence electrons. The van der Waals surface area contributed by atoms with Crippen molar-refractivity contribution in [3.63, 3.8) is 0 Å². The second kappa shape index (κ2) is 22.6. The van der Waals surface area contributed by atoms with Gasteiger partial charge in [0.05, 0.1) is 12.2 Å². The quantitative estimate of drug-likeness (QED) is 0.0723. The van der Waals surface area contributed by atoms with E-state index in [1.54, 1.807) is 0 Å². The first-order chi connectivity index (χ1) is 30.4. The highest BCUT2D eigenvalue weighted by atomic mass is 31.2. The lowest BCUT2D eigenvalue weighted by Crippen LogP contribution is -2.24. The summed E-state index contributed by atoms with van der Waals surface area (Å²) in [7, 11) is -2.06. The van der Waals surface area contributed by atoms with Crippen LogP contribution in [0.2, 0.25) is 0 Å². The van der Waals surface area contributed by atoms with Crippen molar-refractivity contribution in [1.82, 2.24) is 0 Å². The number of carbonyl (C=O) groups excluding carboxylic acids is 1. The van der Waals surface area contributed by atoms with Crippen LogP contribution in [0.25, 0.3) is 0 Å². The first-order valence-corrected chi connectivity index (χ1v) is 27.1. The largest absolute Gasteiger partial charge is 0.530 e. The monoisotopic (exact) mass is 927 g/mol. The summed E-state index contributed by atoms with van der Waals surface area (Å²) in [5, 5.41) is 0. The molecule has 0 bridgehead atoms. The molecule has 1 aliphatic heterocycles. The molecule has 0 aliphatic carbocycles. The second-order valence-electron chi connectivity index (χ2n) is 25.8. The molecule has 3 aromatic rings. The molecular weight excluding hydrogens is 832 g/mol. The fourth-order valence-electron chi connectivity index (χ4n) is 8.83. The summed E-state index contributed by atoms with van der Waals surface area (Å²) in [6.45, 7) is 43.1. The molecular formula is C60H95O5P. The summed E-state index contributed by atoms with van der Waals surface area (Å²) in [4.78, 5) is 13.9. The van der Waals surface area contributed by atoms with E-state index in [0.29, 0.717) is 24.3 Å². The number of unbranched alkanes of at least 4 members (excludes halogenated alkanes) is 13. The van der Waals surface area contributed by atoms with E-state index < -0.39 is 8.60 Å². The highest BCUT2D eigenvalue weighted by Crippen LogP contribution is 2.55. The average Bonchev–Trinajstić information content (AvgIpc) is 3.16. The van der Waals surface area contributed by atoms with E-state index in [1.807, 2.05) is 12.1 Å². The molecule has 6 heteroatoms. The molecule has 3 aromatic carbocycles. The highest BCUT2D eigenvalue weighted by molar-refractivity contribution is 7.43. The predicted molar refractivity (Wildman–Crippen MR) is 284 cm³/mol. The van der Waals surface area contributed by atoms with Gasteiger partial charge in [-0.15, -0.1) is 0 Å². The Bertz CT molecular complexity index is 1930. The van der Waals surface area contributed by atoms with Crippen molar-refractivity contribution >= 4 is 14.6 Å². The predicted octanol–water partition coefficient (Wildman–Crippen LogP) is 18.8. The minimum Gasteiger partial charge on any atom is -0.462 e. The molecule has 0 radical (unpaired) electrons. The van der Waals surface area contributed by atoms with Crippen LogP contribution in [-0.4, -0.2) is 12.6 Å². The van der Waals surface area contributed by atoms with Crippen molar-refractivity contribution in [3.05, 3.63) is 86.5 Å². The minimum atomic E-state index is -2.06. The van der Waals surface area contributed by atoms with Crippen molar-refractivity contribution in [2.75, 3.05) is 6.61 Å². The molecule has 66 heavy (non-hydrogen) atoms. The normalized spacial score (nSPS) is 14.2. The number of benzene rings is 3. The molecule has 0 spiro atoms. The SMILES string of the molecule is CCCCCCCCCCCCCCCCOC(=O)c1cc(C(C)(C)C)c(OP2Oc3c(cc(C(C)(C)C)cc3C(C)(C)C)Cc3cc(C(C)(C)C)cc(C(C)(C)C)c3O2)c(C(C)(C)C)c1. The number of hydrogen-bond acceptors (Lipinski definition) is 5. The van der Waals surface area contributed by atoms with Crippen LogP contribution in [0.1, 0.15) is 276 Å². The molecule has 0 N–H and O–H groups in total. The van der Waals surface area contributed by atoms with Crippen molar-refractivity contribution < 1.29 is 23.1 Å². The van der Waals surface area contributed by atoms with Crippen LogP contribution in [0.5, 0.6) is 17.2 Å². The van der Waals surface area contributed by atoms with Crippen LogP contribution in [0.4, 0.5) is 0 Å². The standard InChI is InChI=1S/C60H95O5P/c1-20-21-22-23-24-25-26-27-28-29-30-31-32-33-34-62-54(61)44-38-47(57(8,9)10)53(48(39-44)58(11,12)13)65-66-63-51-42(36-45(55(2,3)4)40-49(51)59(14,15)16)35-43-37-46(56(5,6)7)41-50(52(43)64-66)60(17,18)19/h36-41H,20-35H2,1-19H3. The number of fused-ring (bicyclic) bond motifs is 2. The van der Waals surface area contributed by atoms with Crippen molar-refractivity contribution in [3.8, 4) is 17.2 Å². The number of ether oxygens (including phenoxy) is 1. The van der Waals surface area contributed by atoms with Gasteiger partial charge in [-0.2, -0.15) is 0 Å². The molecule has 0 saturated carbocycles. The van der Waals surface area contributed by atoms with Gasteiger partial charge in [-0.05, 0) is 73.3 Å². The Hall–Kier alpha value is -3.04. The third-order valence-electron chi connectivity index (χ3n) is 13.2. The van der Waals surface area contributed by atoms with E-state index in [0.717, 1.165) is 57.7 Å². The minimum absolute atomic E-state index is 0.0694. The maximum atomic E-state index is 13.9. The molecule has 0 aromatic heterocycles. The Morgan fingerprint density at radius 1 is 0.470 bits per heavy atom. The summed E-state index contributed by atoms with van der Waals surface area (Å²) in [5.74, 6) is 2.10. The van der Waals surface area contributed by atoms with Gasteiger partial charge in [0.1, 0.15) is 17.2 Å². The zero-order chi connectivity index (χ0) is 49.5. The average molecular weight is 927 g/mol. The van der Waals surface area contributed by atoms with Gasteiger partial charge >= 0.3 is 14.6 Å². The summed E-state index contributed by atoms with van der Waals surface area (Å²) in [6.07, 6.45) is 18.8. The molecule has 0 atom stereocenters. The Morgan fingerprint density at radius 2 is 0.818 bits per heavy atom. The summed E-state index contributed by atoms with van der Waals surface area (Å²) in [5.41, 5.74) is 8.18. The van der Waals surface area contributed by atoms with Gasteiger partial charge in [0.15, 0.2) is 0 Å². The molecule has 0 fully saturated rings. The smallest absolute Gasteiger partial charge is 0.462 e. The first kappa shape index (κ1) is 55.6. The zero-order valence-corrected chi connectivity index (χ0v) is 46.7. The lowest BCUT2D eigenvalue weighted by Gasteiger charge is -2.35. The molecule has 4 rings (SSSR count). The van der Waals surface area contributed by atoms with E-state index in [4.69, 9.17) is 18.3 Å². The van der Waals surface area contributed by atoms with Gasteiger partial charge in [-0.1, -0.05) is 239 Å². The fourth-order valence-corrected chi connectivity index (χ4v) is 10.0. The van der Waals surface area contributed by atoms with Gasteiger partial charge in [-0.25, -0.2) is 4.79 Å². The molecule has 0 saturated heterocycles. The van der Waals surface area contributed by atoms with Crippen molar-refractivity contribution in [2.45, 2.75) is 260 Å². The van der Waals surface area contributed by atoms with Crippen LogP contribution in [-0.2, 0) is 43.6 Å². The summed E-state index contributed by atoms with van der Waals surface area (Å²) >= 11 is 0. The van der Waals surface area contributed by atoms with Gasteiger partial charge in [0.25, 0.3) is 0 Å². The Labute approximate surface area is 406 Å².